The molecule has 1 saturated carbocycles. The zero-order valence-corrected chi connectivity index (χ0v) is 12.0. The molecule has 20 heavy (non-hydrogen) atoms. The normalized spacial score (nSPS) is 14.4. The van der Waals surface area contributed by atoms with E-state index in [0.29, 0.717) is 24.9 Å². The Hall–Kier alpha value is -1.40. The van der Waals surface area contributed by atoms with Gasteiger partial charge >= 0.3 is 0 Å². The van der Waals surface area contributed by atoms with Crippen LogP contribution >= 0.6 is 0 Å². The van der Waals surface area contributed by atoms with Crippen molar-refractivity contribution < 1.29 is 9.47 Å². The van der Waals surface area contributed by atoms with Crippen LogP contribution in [-0.2, 0) is 9.47 Å². The fourth-order valence-corrected chi connectivity index (χ4v) is 1.91. The van der Waals surface area contributed by atoms with Crippen molar-refractivity contribution in [2.45, 2.75) is 31.6 Å². The number of aromatic nitrogens is 2. The minimum atomic E-state index is -0.0766. The Balaban J connectivity index is 1.63. The molecule has 1 aromatic heterocycles. The summed E-state index contributed by atoms with van der Waals surface area (Å²) >= 11 is 0. The molecule has 0 aliphatic heterocycles. The summed E-state index contributed by atoms with van der Waals surface area (Å²) in [6.45, 7) is 2.82. The molecule has 0 amide bonds. The molecule has 1 fully saturated rings. The summed E-state index contributed by atoms with van der Waals surface area (Å²) in [5.41, 5.74) is -0.0766. The predicted octanol–water partition coefficient (Wildman–Crippen LogP) is 1.50. The van der Waals surface area contributed by atoms with Crippen molar-refractivity contribution in [2.24, 2.45) is 0 Å². The van der Waals surface area contributed by atoms with Crippen LogP contribution in [0, 0.1) is 0 Å². The molecule has 0 atom stereocenters. The van der Waals surface area contributed by atoms with Crippen molar-refractivity contribution in [3.05, 3.63) is 22.2 Å². The van der Waals surface area contributed by atoms with Crippen molar-refractivity contribution in [3.63, 3.8) is 0 Å². The Morgan fingerprint density at radius 2 is 2.20 bits per heavy atom. The molecule has 112 valence electrons. The molecule has 1 aromatic rings. The lowest BCUT2D eigenvalue weighted by molar-refractivity contribution is 0.0691. The number of methoxy groups -OCH3 is 1. The van der Waals surface area contributed by atoms with Gasteiger partial charge in [-0.25, -0.2) is 4.98 Å². The zero-order chi connectivity index (χ0) is 14.2. The molecule has 0 bridgehead atoms. The van der Waals surface area contributed by atoms with E-state index in [-0.39, 0.29) is 5.56 Å². The largest absolute Gasteiger partial charge is 0.382 e. The van der Waals surface area contributed by atoms with Gasteiger partial charge in [-0.3, -0.25) is 4.79 Å². The lowest BCUT2D eigenvalue weighted by atomic mass is 10.3. The van der Waals surface area contributed by atoms with Crippen LogP contribution < -0.4 is 10.9 Å². The Morgan fingerprint density at radius 1 is 1.35 bits per heavy atom. The first-order valence-corrected chi connectivity index (χ1v) is 7.21. The summed E-state index contributed by atoms with van der Waals surface area (Å²) in [7, 11) is 1.66. The monoisotopic (exact) mass is 281 g/mol. The van der Waals surface area contributed by atoms with Crippen LogP contribution in [0.2, 0.25) is 0 Å². The maximum Gasteiger partial charge on any atom is 0.252 e. The van der Waals surface area contributed by atoms with Gasteiger partial charge < -0.3 is 19.8 Å². The summed E-state index contributed by atoms with van der Waals surface area (Å²) in [6.07, 6.45) is 4.23. The van der Waals surface area contributed by atoms with Crippen molar-refractivity contribution in [3.8, 4) is 0 Å². The van der Waals surface area contributed by atoms with E-state index in [0.717, 1.165) is 44.7 Å². The lowest BCUT2D eigenvalue weighted by Crippen LogP contribution is -2.14. The molecule has 1 aliphatic carbocycles. The highest BCUT2D eigenvalue weighted by atomic mass is 16.5. The number of hydrogen-bond acceptors (Lipinski definition) is 5. The van der Waals surface area contributed by atoms with E-state index in [9.17, 15) is 4.79 Å². The maximum atomic E-state index is 11.5. The van der Waals surface area contributed by atoms with Gasteiger partial charge in [0.25, 0.3) is 5.56 Å². The van der Waals surface area contributed by atoms with Gasteiger partial charge in [0.2, 0.25) is 0 Å². The second kappa shape index (κ2) is 8.01. The minimum absolute atomic E-state index is 0.0766. The molecule has 1 aliphatic rings. The zero-order valence-electron chi connectivity index (χ0n) is 12.0. The molecule has 2 rings (SSSR count). The number of anilines is 1. The van der Waals surface area contributed by atoms with E-state index in [4.69, 9.17) is 9.47 Å². The Bertz CT molecular complexity index is 457. The van der Waals surface area contributed by atoms with Gasteiger partial charge in [-0.05, 0) is 25.7 Å². The Kier molecular flexibility index (Phi) is 6.01. The SMILES string of the molecule is COCCOCCCCNc1cc(=O)[nH]c(C2CC2)n1. The summed E-state index contributed by atoms with van der Waals surface area (Å²) < 4.78 is 10.3. The quantitative estimate of drug-likeness (QED) is 0.636. The molecular weight excluding hydrogens is 258 g/mol. The third-order valence-electron chi connectivity index (χ3n) is 3.18. The van der Waals surface area contributed by atoms with Gasteiger partial charge in [0.15, 0.2) is 0 Å². The molecule has 6 heteroatoms. The Morgan fingerprint density at radius 3 is 2.95 bits per heavy atom. The van der Waals surface area contributed by atoms with E-state index in [1.54, 1.807) is 7.11 Å². The van der Waals surface area contributed by atoms with E-state index in [1.807, 2.05) is 0 Å². The van der Waals surface area contributed by atoms with Crippen LogP contribution in [0.3, 0.4) is 0 Å². The van der Waals surface area contributed by atoms with E-state index in [2.05, 4.69) is 15.3 Å². The van der Waals surface area contributed by atoms with Gasteiger partial charge in [-0.1, -0.05) is 0 Å². The minimum Gasteiger partial charge on any atom is -0.382 e. The molecule has 0 unspecified atom stereocenters. The van der Waals surface area contributed by atoms with E-state index >= 15 is 0 Å². The average molecular weight is 281 g/mol. The fraction of sp³-hybridized carbons (Fsp3) is 0.714. The first kappa shape index (κ1) is 15.0. The van der Waals surface area contributed by atoms with Crippen LogP contribution in [-0.4, -0.2) is 43.4 Å². The summed E-state index contributed by atoms with van der Waals surface area (Å²) in [6, 6.07) is 1.51. The maximum absolute atomic E-state index is 11.5. The molecular formula is C14H23N3O3. The summed E-state index contributed by atoms with van der Waals surface area (Å²) in [4.78, 5) is 18.8. The average Bonchev–Trinajstić information content (AvgIpc) is 3.26. The van der Waals surface area contributed by atoms with Crippen molar-refractivity contribution in [1.82, 2.24) is 9.97 Å². The smallest absolute Gasteiger partial charge is 0.252 e. The van der Waals surface area contributed by atoms with Gasteiger partial charge in [-0.15, -0.1) is 0 Å². The first-order valence-electron chi connectivity index (χ1n) is 7.21. The molecule has 0 spiro atoms. The highest BCUT2D eigenvalue weighted by Crippen LogP contribution is 2.37. The van der Waals surface area contributed by atoms with Gasteiger partial charge in [0.1, 0.15) is 11.6 Å². The van der Waals surface area contributed by atoms with Gasteiger partial charge in [0.05, 0.1) is 13.2 Å². The van der Waals surface area contributed by atoms with Gasteiger partial charge in [0, 0.05) is 32.2 Å². The summed E-state index contributed by atoms with van der Waals surface area (Å²) in [5, 5.41) is 3.20. The third kappa shape index (κ3) is 5.30. The molecule has 2 N–H and O–H groups in total. The number of ether oxygens (including phenoxy) is 2. The van der Waals surface area contributed by atoms with E-state index < -0.39 is 0 Å². The molecule has 6 nitrogen and oxygen atoms in total. The van der Waals surface area contributed by atoms with E-state index in [1.165, 1.54) is 6.07 Å². The lowest BCUT2D eigenvalue weighted by Gasteiger charge is -2.07. The second-order valence-corrected chi connectivity index (χ2v) is 5.03. The molecule has 1 heterocycles. The summed E-state index contributed by atoms with van der Waals surface area (Å²) in [5.74, 6) is 1.96. The van der Waals surface area contributed by atoms with Crippen LogP contribution in [0.25, 0.3) is 0 Å². The van der Waals surface area contributed by atoms with Gasteiger partial charge in [-0.2, -0.15) is 0 Å². The molecule has 0 saturated heterocycles. The fourth-order valence-electron chi connectivity index (χ4n) is 1.91. The molecule has 0 radical (unpaired) electrons. The van der Waals surface area contributed by atoms with Crippen molar-refractivity contribution >= 4 is 5.82 Å². The number of H-pyrrole nitrogens is 1. The number of aromatic amines is 1. The number of nitrogens with one attached hydrogen (secondary N) is 2. The number of nitrogens with zero attached hydrogens (tertiary/aromatic N) is 1. The predicted molar refractivity (Wildman–Crippen MR) is 77.3 cm³/mol. The van der Waals surface area contributed by atoms with Crippen LogP contribution in [0.1, 0.15) is 37.4 Å². The topological polar surface area (TPSA) is 76.2 Å². The van der Waals surface area contributed by atoms with Crippen molar-refractivity contribution in [2.75, 3.05) is 38.8 Å². The number of unbranched alkanes of at least 4 members (excludes halogenated alkanes) is 1. The first-order chi connectivity index (χ1) is 9.79. The highest BCUT2D eigenvalue weighted by Gasteiger charge is 2.26. The highest BCUT2D eigenvalue weighted by molar-refractivity contribution is 5.33. The number of rotatable bonds is 10. The standard InChI is InChI=1S/C14H23N3O3/c1-19-8-9-20-7-3-2-6-15-12-10-13(18)17-14(16-12)11-4-5-11/h10-11H,2-9H2,1H3,(H2,15,16,17,18). The Labute approximate surface area is 118 Å². The van der Waals surface area contributed by atoms with Crippen LogP contribution in [0.4, 0.5) is 5.82 Å². The third-order valence-corrected chi connectivity index (χ3v) is 3.18. The second-order valence-electron chi connectivity index (χ2n) is 5.03. The van der Waals surface area contributed by atoms with Crippen molar-refractivity contribution in [1.29, 1.82) is 0 Å². The number of hydrogen-bond donors (Lipinski definition) is 2. The molecule has 0 aromatic carbocycles. The van der Waals surface area contributed by atoms with Crippen LogP contribution in [0.15, 0.2) is 10.9 Å². The van der Waals surface area contributed by atoms with Crippen LogP contribution in [0.5, 0.6) is 0 Å².